The van der Waals surface area contributed by atoms with E-state index in [1.54, 1.807) is 11.3 Å². The van der Waals surface area contributed by atoms with Crippen molar-refractivity contribution in [3.63, 3.8) is 0 Å². The molecule has 0 radical (unpaired) electrons. The first kappa shape index (κ1) is 12.7. The van der Waals surface area contributed by atoms with E-state index in [9.17, 15) is 0 Å². The van der Waals surface area contributed by atoms with E-state index in [1.807, 2.05) is 0 Å². The minimum atomic E-state index is 0.0893. The minimum absolute atomic E-state index is 0.0893. The summed E-state index contributed by atoms with van der Waals surface area (Å²) in [5.41, 5.74) is 0.0893. The first-order valence-corrected chi connectivity index (χ1v) is 6.46. The highest BCUT2D eigenvalue weighted by molar-refractivity contribution is 7.09. The van der Waals surface area contributed by atoms with Crippen LogP contribution in [0.15, 0.2) is 17.5 Å². The smallest absolute Gasteiger partial charge is 0.0448 e. The monoisotopic (exact) mass is 227 g/mol. The van der Waals surface area contributed by atoms with Crippen molar-refractivity contribution in [3.8, 4) is 0 Å². The lowest BCUT2D eigenvalue weighted by Crippen LogP contribution is -2.43. The molecule has 1 aromatic rings. The predicted octanol–water partition coefficient (Wildman–Crippen LogP) is 2.43. The third-order valence-corrected chi connectivity index (χ3v) is 3.88. The highest BCUT2D eigenvalue weighted by Gasteiger charge is 2.19. The Morgan fingerprint density at radius 3 is 2.87 bits per heavy atom. The lowest BCUT2D eigenvalue weighted by molar-refractivity contribution is 0.216. The number of thiophene rings is 1. The van der Waals surface area contributed by atoms with Gasteiger partial charge in [0.2, 0.25) is 0 Å². The molecule has 0 bridgehead atoms. The highest BCUT2D eigenvalue weighted by Crippen LogP contribution is 2.14. The molecule has 2 nitrogen and oxygen atoms in total. The molecule has 1 unspecified atom stereocenters. The van der Waals surface area contributed by atoms with Crippen LogP contribution in [-0.4, -0.2) is 23.8 Å². The van der Waals surface area contributed by atoms with E-state index in [1.165, 1.54) is 4.88 Å². The van der Waals surface area contributed by atoms with Gasteiger partial charge in [0, 0.05) is 23.6 Å². The Hall–Kier alpha value is -0.380. The molecule has 3 heteroatoms. The maximum atomic E-state index is 8.98. The van der Waals surface area contributed by atoms with Gasteiger partial charge in [-0.1, -0.05) is 13.0 Å². The van der Waals surface area contributed by atoms with Gasteiger partial charge in [0.15, 0.2) is 0 Å². The normalized spacial score (nSPS) is 15.1. The third kappa shape index (κ3) is 4.33. The Balaban J connectivity index is 2.28. The zero-order chi connectivity index (χ0) is 11.1. The topological polar surface area (TPSA) is 32.3 Å². The van der Waals surface area contributed by atoms with Crippen LogP contribution in [0, 0.1) is 0 Å². The molecule has 86 valence electrons. The van der Waals surface area contributed by atoms with Crippen molar-refractivity contribution in [1.82, 2.24) is 5.32 Å². The molecule has 0 aliphatic heterocycles. The third-order valence-electron chi connectivity index (χ3n) is 2.95. The Morgan fingerprint density at radius 1 is 1.53 bits per heavy atom. The van der Waals surface area contributed by atoms with Gasteiger partial charge in [0.25, 0.3) is 0 Å². The standard InChI is InChI=1S/C12H21NOS/c1-3-12(2,7-9-14)13-8-6-11-5-4-10-15-11/h4-5,10,13-14H,3,6-9H2,1-2H3. The second-order valence-corrected chi connectivity index (χ2v) is 5.18. The SMILES string of the molecule is CCC(C)(CCO)NCCc1cccs1. The average molecular weight is 227 g/mol. The molecular formula is C12H21NOS. The molecule has 0 aliphatic carbocycles. The van der Waals surface area contributed by atoms with Gasteiger partial charge in [-0.25, -0.2) is 0 Å². The molecule has 0 fully saturated rings. The van der Waals surface area contributed by atoms with Gasteiger partial charge in [0.05, 0.1) is 0 Å². The fourth-order valence-corrected chi connectivity index (χ4v) is 2.29. The fourth-order valence-electron chi connectivity index (χ4n) is 1.58. The minimum Gasteiger partial charge on any atom is -0.396 e. The largest absolute Gasteiger partial charge is 0.396 e. The predicted molar refractivity (Wildman–Crippen MR) is 66.4 cm³/mol. The summed E-state index contributed by atoms with van der Waals surface area (Å²) in [5, 5.41) is 14.6. The van der Waals surface area contributed by atoms with Crippen LogP contribution in [0.1, 0.15) is 31.6 Å². The van der Waals surface area contributed by atoms with E-state index in [4.69, 9.17) is 5.11 Å². The summed E-state index contributed by atoms with van der Waals surface area (Å²) in [6.07, 6.45) is 2.96. The number of aliphatic hydroxyl groups excluding tert-OH is 1. The summed E-state index contributed by atoms with van der Waals surface area (Å²) < 4.78 is 0. The van der Waals surface area contributed by atoms with Gasteiger partial charge in [-0.3, -0.25) is 0 Å². The van der Waals surface area contributed by atoms with Crippen LogP contribution in [0.2, 0.25) is 0 Å². The van der Waals surface area contributed by atoms with E-state index < -0.39 is 0 Å². The van der Waals surface area contributed by atoms with Gasteiger partial charge >= 0.3 is 0 Å². The van der Waals surface area contributed by atoms with Gasteiger partial charge in [-0.2, -0.15) is 0 Å². The van der Waals surface area contributed by atoms with Crippen molar-refractivity contribution in [2.24, 2.45) is 0 Å². The molecule has 1 heterocycles. The molecule has 0 aromatic carbocycles. The summed E-state index contributed by atoms with van der Waals surface area (Å²) in [5.74, 6) is 0. The van der Waals surface area contributed by atoms with Crippen molar-refractivity contribution in [3.05, 3.63) is 22.4 Å². The summed E-state index contributed by atoms with van der Waals surface area (Å²) >= 11 is 1.81. The Labute approximate surface area is 96.3 Å². The number of rotatable bonds is 7. The van der Waals surface area contributed by atoms with Crippen LogP contribution in [0.3, 0.4) is 0 Å². The molecule has 0 spiro atoms. The Morgan fingerprint density at radius 2 is 2.33 bits per heavy atom. The maximum Gasteiger partial charge on any atom is 0.0448 e. The van der Waals surface area contributed by atoms with Gasteiger partial charge in [-0.15, -0.1) is 11.3 Å². The lowest BCUT2D eigenvalue weighted by atomic mass is 9.95. The summed E-state index contributed by atoms with van der Waals surface area (Å²) in [6.45, 7) is 5.59. The van der Waals surface area contributed by atoms with Crippen LogP contribution in [0.25, 0.3) is 0 Å². The van der Waals surface area contributed by atoms with Crippen LogP contribution in [0.4, 0.5) is 0 Å². The average Bonchev–Trinajstić information content (AvgIpc) is 2.71. The number of hydrogen-bond donors (Lipinski definition) is 2. The van der Waals surface area contributed by atoms with Crippen LogP contribution >= 0.6 is 11.3 Å². The zero-order valence-electron chi connectivity index (χ0n) is 9.62. The highest BCUT2D eigenvalue weighted by atomic mass is 32.1. The van der Waals surface area contributed by atoms with Crippen molar-refractivity contribution >= 4 is 11.3 Å². The molecule has 0 saturated heterocycles. The van der Waals surface area contributed by atoms with Crippen molar-refractivity contribution < 1.29 is 5.11 Å². The fraction of sp³-hybridized carbons (Fsp3) is 0.667. The van der Waals surface area contributed by atoms with Gasteiger partial charge in [-0.05, 0) is 37.6 Å². The van der Waals surface area contributed by atoms with E-state index in [0.29, 0.717) is 0 Å². The lowest BCUT2D eigenvalue weighted by Gasteiger charge is -2.29. The molecule has 1 rings (SSSR count). The van der Waals surface area contributed by atoms with Crippen molar-refractivity contribution in [1.29, 1.82) is 0 Å². The van der Waals surface area contributed by atoms with E-state index in [0.717, 1.165) is 25.8 Å². The van der Waals surface area contributed by atoms with E-state index in [-0.39, 0.29) is 12.1 Å². The second kappa shape index (κ2) is 6.26. The molecular weight excluding hydrogens is 206 g/mol. The van der Waals surface area contributed by atoms with Crippen molar-refractivity contribution in [2.45, 2.75) is 38.6 Å². The number of nitrogens with one attached hydrogen (secondary N) is 1. The molecule has 1 atom stereocenters. The van der Waals surface area contributed by atoms with E-state index in [2.05, 4.69) is 36.7 Å². The van der Waals surface area contributed by atoms with Crippen LogP contribution in [-0.2, 0) is 6.42 Å². The quantitative estimate of drug-likeness (QED) is 0.750. The zero-order valence-corrected chi connectivity index (χ0v) is 10.4. The summed E-state index contributed by atoms with van der Waals surface area (Å²) in [6, 6.07) is 4.26. The Bertz CT molecular complexity index is 261. The maximum absolute atomic E-state index is 8.98. The first-order valence-electron chi connectivity index (χ1n) is 5.58. The molecule has 0 saturated carbocycles. The number of hydrogen-bond acceptors (Lipinski definition) is 3. The Kier molecular flexibility index (Phi) is 5.29. The summed E-state index contributed by atoms with van der Waals surface area (Å²) in [4.78, 5) is 1.42. The van der Waals surface area contributed by atoms with Crippen molar-refractivity contribution in [2.75, 3.05) is 13.2 Å². The summed E-state index contributed by atoms with van der Waals surface area (Å²) in [7, 11) is 0. The second-order valence-electron chi connectivity index (χ2n) is 4.14. The molecule has 0 aliphatic rings. The van der Waals surface area contributed by atoms with Crippen LogP contribution in [0.5, 0.6) is 0 Å². The van der Waals surface area contributed by atoms with Gasteiger partial charge in [0.1, 0.15) is 0 Å². The first-order chi connectivity index (χ1) is 7.20. The van der Waals surface area contributed by atoms with Crippen LogP contribution < -0.4 is 5.32 Å². The molecule has 0 amide bonds. The number of aliphatic hydroxyl groups is 1. The van der Waals surface area contributed by atoms with E-state index >= 15 is 0 Å². The molecule has 15 heavy (non-hydrogen) atoms. The molecule has 1 aromatic heterocycles. The van der Waals surface area contributed by atoms with Gasteiger partial charge < -0.3 is 10.4 Å². The molecule has 2 N–H and O–H groups in total.